The molecule has 0 aliphatic rings. The fraction of sp³-hybridized carbons (Fsp3) is 0.263. The topological polar surface area (TPSA) is 82.2 Å². The molecule has 0 saturated carbocycles. The Morgan fingerprint density at radius 3 is 2.78 bits per heavy atom. The summed E-state index contributed by atoms with van der Waals surface area (Å²) in [4.78, 5) is 8.61. The van der Waals surface area contributed by atoms with Gasteiger partial charge in [0, 0.05) is 13.2 Å². The van der Waals surface area contributed by atoms with Gasteiger partial charge in [-0.2, -0.15) is 19.7 Å². The summed E-state index contributed by atoms with van der Waals surface area (Å²) >= 11 is 0. The van der Waals surface area contributed by atoms with Gasteiger partial charge in [0.15, 0.2) is 0 Å². The molecule has 4 rings (SSSR count). The van der Waals surface area contributed by atoms with Gasteiger partial charge in [-0.3, -0.25) is 0 Å². The molecule has 0 fully saturated rings. The van der Waals surface area contributed by atoms with E-state index in [9.17, 15) is 0 Å². The zero-order valence-electron chi connectivity index (χ0n) is 15.8. The molecule has 0 saturated heterocycles. The fourth-order valence-electron chi connectivity index (χ4n) is 3.03. The van der Waals surface area contributed by atoms with E-state index in [-0.39, 0.29) is 0 Å². The van der Waals surface area contributed by atoms with Gasteiger partial charge < -0.3 is 10.1 Å². The number of hydrogen-bond donors (Lipinski definition) is 1. The Morgan fingerprint density at radius 1 is 1.11 bits per heavy atom. The monoisotopic (exact) mass is 363 g/mol. The second-order valence-corrected chi connectivity index (χ2v) is 6.51. The van der Waals surface area contributed by atoms with Crippen LogP contribution in [0.5, 0.6) is 0 Å². The van der Waals surface area contributed by atoms with Crippen LogP contribution in [0.1, 0.15) is 22.5 Å². The van der Waals surface area contributed by atoms with Crippen molar-refractivity contribution in [3.63, 3.8) is 0 Å². The average Bonchev–Trinajstić information content (AvgIpc) is 3.25. The Hall–Kier alpha value is -3.26. The summed E-state index contributed by atoms with van der Waals surface area (Å²) in [5, 5.41) is 12.2. The van der Waals surface area contributed by atoms with Gasteiger partial charge in [0.25, 0.3) is 5.78 Å². The van der Waals surface area contributed by atoms with E-state index in [4.69, 9.17) is 4.74 Å². The lowest BCUT2D eigenvalue weighted by Crippen LogP contribution is -2.06. The van der Waals surface area contributed by atoms with Crippen LogP contribution >= 0.6 is 0 Å². The Bertz CT molecular complexity index is 1110. The molecular formula is C19H21N7O. The number of anilines is 2. The van der Waals surface area contributed by atoms with Gasteiger partial charge >= 0.3 is 0 Å². The molecule has 0 atom stereocenters. The summed E-state index contributed by atoms with van der Waals surface area (Å²) in [7, 11) is 1.64. The van der Waals surface area contributed by atoms with Crippen LogP contribution in [0.2, 0.25) is 0 Å². The van der Waals surface area contributed by atoms with Crippen molar-refractivity contribution in [1.82, 2.24) is 29.4 Å². The Balaban J connectivity index is 1.74. The van der Waals surface area contributed by atoms with E-state index in [1.807, 2.05) is 23.9 Å². The highest BCUT2D eigenvalue weighted by atomic mass is 16.5. The molecule has 27 heavy (non-hydrogen) atoms. The maximum atomic E-state index is 5.20. The van der Waals surface area contributed by atoms with Gasteiger partial charge in [-0.1, -0.05) is 12.1 Å². The third-order valence-corrected chi connectivity index (χ3v) is 4.46. The minimum Gasteiger partial charge on any atom is -0.378 e. The van der Waals surface area contributed by atoms with Crippen molar-refractivity contribution in [3.8, 4) is 5.69 Å². The average molecular weight is 363 g/mol. The number of fused-ring (bicyclic) bond motifs is 1. The standard InChI is InChI=1S/C19H21N7O/c1-12-5-6-13(2)17(7-12)25-14(3)16(9-21-25)24-18-8-15(10-27-4)23-19-20-11-22-26(18)19/h5-9,11,24H,10H2,1-4H3. The minimum atomic E-state index is 0.402. The van der Waals surface area contributed by atoms with Crippen molar-refractivity contribution >= 4 is 17.3 Å². The largest absolute Gasteiger partial charge is 0.378 e. The first-order chi connectivity index (χ1) is 13.1. The van der Waals surface area contributed by atoms with Crippen molar-refractivity contribution in [2.45, 2.75) is 27.4 Å². The quantitative estimate of drug-likeness (QED) is 0.587. The zero-order valence-corrected chi connectivity index (χ0v) is 15.8. The van der Waals surface area contributed by atoms with Gasteiger partial charge in [-0.25, -0.2) is 9.67 Å². The summed E-state index contributed by atoms with van der Waals surface area (Å²) < 4.78 is 8.81. The maximum absolute atomic E-state index is 5.20. The van der Waals surface area contributed by atoms with Gasteiger partial charge in [0.1, 0.15) is 12.1 Å². The molecule has 1 N–H and O–H groups in total. The van der Waals surface area contributed by atoms with E-state index in [1.54, 1.807) is 11.6 Å². The lowest BCUT2D eigenvalue weighted by Gasteiger charge is -2.11. The lowest BCUT2D eigenvalue weighted by atomic mass is 10.1. The number of methoxy groups -OCH3 is 1. The second kappa shape index (κ2) is 6.81. The minimum absolute atomic E-state index is 0.402. The van der Waals surface area contributed by atoms with E-state index in [0.717, 1.165) is 28.6 Å². The summed E-state index contributed by atoms with van der Waals surface area (Å²) in [6.07, 6.45) is 3.30. The van der Waals surface area contributed by atoms with Gasteiger partial charge in [0.05, 0.1) is 35.6 Å². The highest BCUT2D eigenvalue weighted by Crippen LogP contribution is 2.25. The molecule has 0 amide bonds. The third-order valence-electron chi connectivity index (χ3n) is 4.46. The Morgan fingerprint density at radius 2 is 1.96 bits per heavy atom. The number of rotatable bonds is 5. The first-order valence-electron chi connectivity index (χ1n) is 8.64. The first-order valence-corrected chi connectivity index (χ1v) is 8.64. The second-order valence-electron chi connectivity index (χ2n) is 6.51. The number of benzene rings is 1. The number of aryl methyl sites for hydroxylation is 2. The molecule has 0 bridgehead atoms. The van der Waals surface area contributed by atoms with E-state index in [1.165, 1.54) is 17.5 Å². The molecule has 3 aromatic heterocycles. The number of hydrogen-bond acceptors (Lipinski definition) is 6. The highest BCUT2D eigenvalue weighted by molar-refractivity contribution is 5.61. The summed E-state index contributed by atoms with van der Waals surface area (Å²) in [5.41, 5.74) is 6.11. The lowest BCUT2D eigenvalue weighted by molar-refractivity contribution is 0.181. The number of nitrogens with zero attached hydrogens (tertiary/aromatic N) is 6. The molecule has 0 radical (unpaired) electrons. The normalized spacial score (nSPS) is 11.3. The van der Waals surface area contributed by atoms with Gasteiger partial charge in [-0.15, -0.1) is 0 Å². The van der Waals surface area contributed by atoms with Crippen LogP contribution in [0.15, 0.2) is 36.8 Å². The fourth-order valence-corrected chi connectivity index (χ4v) is 3.03. The van der Waals surface area contributed by atoms with Crippen molar-refractivity contribution in [1.29, 1.82) is 0 Å². The molecular weight excluding hydrogens is 342 g/mol. The molecule has 0 unspecified atom stereocenters. The first kappa shape index (κ1) is 17.2. The highest BCUT2D eigenvalue weighted by Gasteiger charge is 2.13. The predicted molar refractivity (Wildman–Crippen MR) is 103 cm³/mol. The molecule has 138 valence electrons. The van der Waals surface area contributed by atoms with Crippen molar-refractivity contribution in [3.05, 3.63) is 59.3 Å². The summed E-state index contributed by atoms with van der Waals surface area (Å²) in [5.74, 6) is 1.28. The molecule has 0 spiro atoms. The Kier molecular flexibility index (Phi) is 4.33. The van der Waals surface area contributed by atoms with E-state index in [0.29, 0.717) is 12.4 Å². The smallest absolute Gasteiger partial charge is 0.254 e. The van der Waals surface area contributed by atoms with Gasteiger partial charge in [0.2, 0.25) is 0 Å². The van der Waals surface area contributed by atoms with Crippen LogP contribution in [0.3, 0.4) is 0 Å². The number of ether oxygens (including phenoxy) is 1. The summed E-state index contributed by atoms with van der Waals surface area (Å²) in [6, 6.07) is 8.25. The zero-order chi connectivity index (χ0) is 19.0. The number of aromatic nitrogens is 6. The van der Waals surface area contributed by atoms with Crippen LogP contribution in [0.4, 0.5) is 11.5 Å². The number of nitrogens with one attached hydrogen (secondary N) is 1. The maximum Gasteiger partial charge on any atom is 0.254 e. The van der Waals surface area contributed by atoms with Crippen molar-refractivity contribution < 1.29 is 4.74 Å². The molecule has 8 nitrogen and oxygen atoms in total. The van der Waals surface area contributed by atoms with Crippen LogP contribution in [0.25, 0.3) is 11.5 Å². The van der Waals surface area contributed by atoms with E-state index >= 15 is 0 Å². The molecule has 3 heterocycles. The molecule has 4 aromatic rings. The molecule has 0 aliphatic heterocycles. The summed E-state index contributed by atoms with van der Waals surface area (Å²) in [6.45, 7) is 6.60. The van der Waals surface area contributed by atoms with Crippen molar-refractivity contribution in [2.24, 2.45) is 0 Å². The van der Waals surface area contributed by atoms with Crippen LogP contribution in [-0.2, 0) is 11.3 Å². The SMILES string of the molecule is COCc1cc(Nc2cnn(-c3cc(C)ccc3C)c2C)n2ncnc2n1. The predicted octanol–water partition coefficient (Wildman–Crippen LogP) is 3.13. The third kappa shape index (κ3) is 3.15. The van der Waals surface area contributed by atoms with Gasteiger partial charge in [-0.05, 0) is 38.0 Å². The Labute approximate surface area is 156 Å². The van der Waals surface area contributed by atoms with E-state index < -0.39 is 0 Å². The molecule has 0 aliphatic carbocycles. The van der Waals surface area contributed by atoms with Crippen LogP contribution in [0, 0.1) is 20.8 Å². The van der Waals surface area contributed by atoms with Crippen LogP contribution in [-0.4, -0.2) is 36.5 Å². The van der Waals surface area contributed by atoms with E-state index in [2.05, 4.69) is 57.5 Å². The molecule has 8 heteroatoms. The molecule has 1 aromatic carbocycles. The van der Waals surface area contributed by atoms with Crippen LogP contribution < -0.4 is 5.32 Å². The van der Waals surface area contributed by atoms with Crippen molar-refractivity contribution in [2.75, 3.05) is 12.4 Å².